The molecular weight excluding hydrogens is 350 g/mol. The van der Waals surface area contributed by atoms with Gasteiger partial charge in [0.2, 0.25) is 15.9 Å². The molecule has 2 rings (SSSR count). The number of nitrogens with zero attached hydrogens (tertiary/aromatic N) is 1. The van der Waals surface area contributed by atoms with E-state index in [1.165, 1.54) is 4.31 Å². The number of sulfonamides is 1. The van der Waals surface area contributed by atoms with Gasteiger partial charge >= 0.3 is 0 Å². The second kappa shape index (κ2) is 7.37. The topological polar surface area (TPSA) is 66.5 Å². The Hall–Kier alpha value is -1.54. The molecule has 0 saturated carbocycles. The predicted octanol–water partition coefficient (Wildman–Crippen LogP) is 2.67. The van der Waals surface area contributed by atoms with Gasteiger partial charge in [0.05, 0.1) is 4.90 Å². The third-order valence-electron chi connectivity index (χ3n) is 4.70. The molecule has 1 aliphatic heterocycles. The van der Waals surface area contributed by atoms with E-state index in [1.807, 2.05) is 20.8 Å². The number of amides is 1. The van der Waals surface area contributed by atoms with Crippen LogP contribution < -0.4 is 5.32 Å². The largest absolute Gasteiger partial charge is 0.351 e. The van der Waals surface area contributed by atoms with Crippen LogP contribution in [0.5, 0.6) is 0 Å². The summed E-state index contributed by atoms with van der Waals surface area (Å²) >= 11 is 0. The Balaban J connectivity index is 2.03. The van der Waals surface area contributed by atoms with Crippen LogP contribution in [0.15, 0.2) is 23.1 Å². The van der Waals surface area contributed by atoms with Gasteiger partial charge in [-0.2, -0.15) is 4.31 Å². The molecule has 1 N–H and O–H groups in total. The lowest BCUT2D eigenvalue weighted by molar-refractivity contribution is -0.127. The molecule has 0 aliphatic carbocycles. The molecule has 1 aromatic carbocycles. The summed E-state index contributed by atoms with van der Waals surface area (Å²) in [5.74, 6) is -2.61. The first-order valence-electron chi connectivity index (χ1n) is 8.34. The highest BCUT2D eigenvalue weighted by molar-refractivity contribution is 7.89. The van der Waals surface area contributed by atoms with Crippen LogP contribution in [0.2, 0.25) is 0 Å². The summed E-state index contributed by atoms with van der Waals surface area (Å²) in [6.07, 6.45) is 1.59. The molecule has 1 heterocycles. The van der Waals surface area contributed by atoms with Crippen LogP contribution in [0.25, 0.3) is 0 Å². The predicted molar refractivity (Wildman–Crippen MR) is 90.4 cm³/mol. The van der Waals surface area contributed by atoms with E-state index in [9.17, 15) is 22.0 Å². The second-order valence-electron chi connectivity index (χ2n) is 6.98. The van der Waals surface area contributed by atoms with Gasteiger partial charge < -0.3 is 5.32 Å². The number of hydrogen-bond acceptors (Lipinski definition) is 3. The van der Waals surface area contributed by atoms with Gasteiger partial charge in [-0.15, -0.1) is 0 Å². The molecule has 1 saturated heterocycles. The van der Waals surface area contributed by atoms with E-state index in [-0.39, 0.29) is 35.3 Å². The summed E-state index contributed by atoms with van der Waals surface area (Å²) < 4.78 is 52.6. The van der Waals surface area contributed by atoms with E-state index in [1.54, 1.807) is 0 Å². The molecule has 0 aromatic heterocycles. The molecule has 1 fully saturated rings. The van der Waals surface area contributed by atoms with Crippen LogP contribution in [0, 0.1) is 17.6 Å². The van der Waals surface area contributed by atoms with E-state index >= 15 is 0 Å². The lowest BCUT2D eigenvalue weighted by atomic mass is 9.94. The maximum Gasteiger partial charge on any atom is 0.243 e. The van der Waals surface area contributed by atoms with Crippen molar-refractivity contribution in [3.63, 3.8) is 0 Å². The van der Waals surface area contributed by atoms with Crippen molar-refractivity contribution >= 4 is 15.9 Å². The maximum absolute atomic E-state index is 13.3. The maximum atomic E-state index is 13.3. The lowest BCUT2D eigenvalue weighted by Gasteiger charge is -2.33. The van der Waals surface area contributed by atoms with Gasteiger partial charge in [0, 0.05) is 24.5 Å². The van der Waals surface area contributed by atoms with Crippen LogP contribution in [0.1, 0.15) is 40.0 Å². The quantitative estimate of drug-likeness (QED) is 0.862. The number of nitrogens with one attached hydrogen (secondary N) is 1. The third kappa shape index (κ3) is 4.55. The van der Waals surface area contributed by atoms with Crippen LogP contribution in [0.3, 0.4) is 0 Å². The summed E-state index contributed by atoms with van der Waals surface area (Å²) in [4.78, 5) is 12.0. The summed E-state index contributed by atoms with van der Waals surface area (Å²) in [5, 5.41) is 2.98. The zero-order valence-electron chi connectivity index (χ0n) is 14.7. The number of benzene rings is 1. The first-order valence-corrected chi connectivity index (χ1v) is 9.78. The highest BCUT2D eigenvalue weighted by Crippen LogP contribution is 2.25. The van der Waals surface area contributed by atoms with E-state index < -0.39 is 21.7 Å². The van der Waals surface area contributed by atoms with Crippen molar-refractivity contribution in [3.05, 3.63) is 29.8 Å². The first-order chi connectivity index (χ1) is 11.6. The summed E-state index contributed by atoms with van der Waals surface area (Å²) in [6, 6.07) is 2.54. The van der Waals surface area contributed by atoms with E-state index in [4.69, 9.17) is 0 Å². The van der Waals surface area contributed by atoms with Crippen LogP contribution in [-0.4, -0.2) is 37.3 Å². The Bertz CT molecular complexity index is 742. The highest BCUT2D eigenvalue weighted by Gasteiger charge is 2.33. The molecular formula is C17H24F2N2O3S. The number of piperidine rings is 1. The van der Waals surface area contributed by atoms with Crippen molar-refractivity contribution in [2.75, 3.05) is 13.1 Å². The highest BCUT2D eigenvalue weighted by atomic mass is 32.2. The Morgan fingerprint density at radius 3 is 2.36 bits per heavy atom. The summed E-state index contributed by atoms with van der Waals surface area (Å²) in [7, 11) is -3.90. The molecule has 0 spiro atoms. The molecule has 0 atom stereocenters. The van der Waals surface area contributed by atoms with Gasteiger partial charge in [-0.3, -0.25) is 4.79 Å². The zero-order valence-corrected chi connectivity index (χ0v) is 15.5. The number of halogens is 2. The molecule has 5 nitrogen and oxygen atoms in total. The van der Waals surface area contributed by atoms with Gasteiger partial charge in [0.25, 0.3) is 0 Å². The number of carbonyl (C=O) groups excluding carboxylic acids is 1. The van der Waals surface area contributed by atoms with Gasteiger partial charge in [0.15, 0.2) is 11.6 Å². The number of rotatable bonds is 5. The molecule has 0 unspecified atom stereocenters. The monoisotopic (exact) mass is 374 g/mol. The van der Waals surface area contributed by atoms with Crippen LogP contribution >= 0.6 is 0 Å². The average Bonchev–Trinajstić information content (AvgIpc) is 2.57. The van der Waals surface area contributed by atoms with Crippen molar-refractivity contribution in [1.29, 1.82) is 0 Å². The number of hydrogen-bond donors (Lipinski definition) is 1. The Morgan fingerprint density at radius 1 is 1.24 bits per heavy atom. The van der Waals surface area contributed by atoms with Gasteiger partial charge in [0.1, 0.15) is 0 Å². The number of carbonyl (C=O) groups is 1. The third-order valence-corrected chi connectivity index (χ3v) is 6.59. The Kier molecular flexibility index (Phi) is 5.83. The van der Waals surface area contributed by atoms with Gasteiger partial charge in [-0.05, 0) is 51.3 Å². The molecule has 140 valence electrons. The minimum Gasteiger partial charge on any atom is -0.351 e. The van der Waals surface area contributed by atoms with Crippen LogP contribution in [0.4, 0.5) is 8.78 Å². The fourth-order valence-electron chi connectivity index (χ4n) is 2.67. The first kappa shape index (κ1) is 19.8. The van der Waals surface area contributed by atoms with Crippen molar-refractivity contribution in [1.82, 2.24) is 9.62 Å². The van der Waals surface area contributed by atoms with E-state index in [2.05, 4.69) is 5.32 Å². The molecule has 1 aromatic rings. The standard InChI is InChI=1S/C17H24F2N2O3S/c1-4-17(2,3)20-16(22)12-7-9-21(10-8-12)25(23,24)13-5-6-14(18)15(19)11-13/h5-6,11-12H,4,7-10H2,1-3H3,(H,20,22). The fraction of sp³-hybridized carbons (Fsp3) is 0.588. The SMILES string of the molecule is CCC(C)(C)NC(=O)C1CCN(S(=O)(=O)c2ccc(F)c(F)c2)CC1. The smallest absolute Gasteiger partial charge is 0.243 e. The average molecular weight is 374 g/mol. The van der Waals surface area contributed by atoms with E-state index in [0.29, 0.717) is 18.9 Å². The second-order valence-corrected chi connectivity index (χ2v) is 8.92. The van der Waals surface area contributed by atoms with Gasteiger partial charge in [-0.1, -0.05) is 6.92 Å². The molecule has 25 heavy (non-hydrogen) atoms. The van der Waals surface area contributed by atoms with Crippen molar-refractivity contribution in [2.45, 2.75) is 50.5 Å². The van der Waals surface area contributed by atoms with Crippen molar-refractivity contribution in [3.8, 4) is 0 Å². The van der Waals surface area contributed by atoms with Gasteiger partial charge in [-0.25, -0.2) is 17.2 Å². The minimum atomic E-state index is -3.90. The summed E-state index contributed by atoms with van der Waals surface area (Å²) in [5.41, 5.74) is -0.300. The molecule has 1 amide bonds. The van der Waals surface area contributed by atoms with E-state index in [0.717, 1.165) is 18.6 Å². The van der Waals surface area contributed by atoms with Crippen LogP contribution in [-0.2, 0) is 14.8 Å². The van der Waals surface area contributed by atoms with Crippen molar-refractivity contribution in [2.24, 2.45) is 5.92 Å². The summed E-state index contributed by atoms with van der Waals surface area (Å²) in [6.45, 7) is 6.20. The normalized spacial score (nSPS) is 17.5. The zero-order chi connectivity index (χ0) is 18.8. The lowest BCUT2D eigenvalue weighted by Crippen LogP contribution is -2.48. The molecule has 0 bridgehead atoms. The Morgan fingerprint density at radius 2 is 1.84 bits per heavy atom. The minimum absolute atomic E-state index is 0.0725. The fourth-order valence-corrected chi connectivity index (χ4v) is 4.15. The molecule has 1 aliphatic rings. The molecule has 8 heteroatoms. The van der Waals surface area contributed by atoms with Crippen molar-refractivity contribution < 1.29 is 22.0 Å². The molecule has 0 radical (unpaired) electrons. The Labute approximate surface area is 147 Å².